The zero-order valence-electron chi connectivity index (χ0n) is 8.48. The lowest BCUT2D eigenvalue weighted by molar-refractivity contribution is -0.146. The van der Waals surface area contributed by atoms with E-state index in [1.807, 2.05) is 22.6 Å². The van der Waals surface area contributed by atoms with Gasteiger partial charge in [0, 0.05) is 8.59 Å². The molecule has 1 amide bonds. The van der Waals surface area contributed by atoms with E-state index < -0.39 is 18.0 Å². The van der Waals surface area contributed by atoms with Gasteiger partial charge in [-0.05, 0) is 40.8 Å². The fraction of sp³-hybridized carbons (Fsp3) is 0.200. The summed E-state index contributed by atoms with van der Waals surface area (Å²) in [5.41, 5.74) is 0.343. The van der Waals surface area contributed by atoms with Crippen molar-refractivity contribution in [2.24, 2.45) is 0 Å². The van der Waals surface area contributed by atoms with Crippen LogP contribution in [0.1, 0.15) is 10.4 Å². The van der Waals surface area contributed by atoms with Crippen LogP contribution in [0.15, 0.2) is 18.2 Å². The summed E-state index contributed by atoms with van der Waals surface area (Å²) in [6.07, 6.45) is -1.62. The van der Waals surface area contributed by atoms with E-state index >= 15 is 0 Å². The molecule has 1 aromatic rings. The lowest BCUT2D eigenvalue weighted by Gasteiger charge is -2.09. The topological polar surface area (TPSA) is 86.6 Å². The number of nitrogens with one attached hydrogen (secondary N) is 1. The van der Waals surface area contributed by atoms with Crippen molar-refractivity contribution >= 4 is 46.1 Å². The fourth-order valence-corrected chi connectivity index (χ4v) is 1.80. The smallest absolute Gasteiger partial charge is 0.334 e. The molecule has 17 heavy (non-hydrogen) atoms. The number of rotatable bonds is 4. The molecule has 0 saturated heterocycles. The van der Waals surface area contributed by atoms with Crippen molar-refractivity contribution in [3.05, 3.63) is 32.4 Å². The van der Waals surface area contributed by atoms with Crippen LogP contribution < -0.4 is 5.32 Å². The minimum atomic E-state index is -1.62. The molecule has 0 unspecified atom stereocenters. The molecule has 0 fully saturated rings. The first-order chi connectivity index (χ1) is 7.91. The summed E-state index contributed by atoms with van der Waals surface area (Å²) in [7, 11) is 0. The lowest BCUT2D eigenvalue weighted by atomic mass is 10.2. The Hall–Kier alpha value is -0.860. The molecule has 0 aromatic heterocycles. The molecule has 3 N–H and O–H groups in total. The predicted molar refractivity (Wildman–Crippen MR) is 70.1 cm³/mol. The Kier molecular flexibility index (Phi) is 5.16. The highest BCUT2D eigenvalue weighted by atomic mass is 127. The van der Waals surface area contributed by atoms with Gasteiger partial charge in [-0.1, -0.05) is 11.6 Å². The van der Waals surface area contributed by atoms with Crippen LogP contribution in [0.2, 0.25) is 5.02 Å². The SMILES string of the molecule is O=C(NC[C@H](O)C(=O)O)c1cc(Cl)ccc1I. The molecule has 1 aromatic carbocycles. The summed E-state index contributed by atoms with van der Waals surface area (Å²) in [6, 6.07) is 4.80. The van der Waals surface area contributed by atoms with E-state index in [1.165, 1.54) is 6.07 Å². The second-order valence-electron chi connectivity index (χ2n) is 3.19. The van der Waals surface area contributed by atoms with E-state index in [-0.39, 0.29) is 6.54 Å². The van der Waals surface area contributed by atoms with Gasteiger partial charge in [-0.15, -0.1) is 0 Å². The minimum Gasteiger partial charge on any atom is -0.479 e. The van der Waals surface area contributed by atoms with Crippen LogP contribution in [0.25, 0.3) is 0 Å². The van der Waals surface area contributed by atoms with Crippen LogP contribution in [0.4, 0.5) is 0 Å². The number of halogens is 2. The number of carboxylic acids is 1. The molecule has 0 radical (unpaired) electrons. The Labute approximate surface area is 116 Å². The van der Waals surface area contributed by atoms with Gasteiger partial charge in [-0.25, -0.2) is 4.79 Å². The largest absolute Gasteiger partial charge is 0.479 e. The number of aliphatic carboxylic acids is 1. The Balaban J connectivity index is 2.70. The number of aliphatic hydroxyl groups excluding tert-OH is 1. The highest BCUT2D eigenvalue weighted by molar-refractivity contribution is 14.1. The Bertz CT molecular complexity index is 452. The van der Waals surface area contributed by atoms with Crippen LogP contribution >= 0.6 is 34.2 Å². The number of carbonyl (C=O) groups excluding carboxylic acids is 1. The van der Waals surface area contributed by atoms with E-state index in [4.69, 9.17) is 21.8 Å². The third-order valence-electron chi connectivity index (χ3n) is 1.91. The van der Waals surface area contributed by atoms with Gasteiger partial charge < -0.3 is 15.5 Å². The summed E-state index contributed by atoms with van der Waals surface area (Å²) in [6.45, 7) is -0.350. The van der Waals surface area contributed by atoms with Crippen molar-refractivity contribution in [3.8, 4) is 0 Å². The third kappa shape index (κ3) is 4.14. The van der Waals surface area contributed by atoms with Crippen LogP contribution in [-0.4, -0.2) is 34.7 Å². The molecule has 0 spiro atoms. The van der Waals surface area contributed by atoms with Gasteiger partial charge in [0.2, 0.25) is 0 Å². The lowest BCUT2D eigenvalue weighted by Crippen LogP contribution is -2.36. The molecular formula is C10H9ClINO4. The monoisotopic (exact) mass is 369 g/mol. The second kappa shape index (κ2) is 6.18. The van der Waals surface area contributed by atoms with Crippen molar-refractivity contribution in [2.75, 3.05) is 6.54 Å². The number of hydrogen-bond donors (Lipinski definition) is 3. The van der Waals surface area contributed by atoms with Gasteiger partial charge >= 0.3 is 5.97 Å². The molecule has 0 aliphatic carbocycles. The number of aliphatic hydroxyl groups is 1. The van der Waals surface area contributed by atoms with E-state index in [1.54, 1.807) is 12.1 Å². The van der Waals surface area contributed by atoms with Crippen molar-refractivity contribution in [2.45, 2.75) is 6.10 Å². The van der Waals surface area contributed by atoms with E-state index in [9.17, 15) is 9.59 Å². The molecule has 0 aliphatic heterocycles. The molecule has 0 aliphatic rings. The Morgan fingerprint density at radius 2 is 2.12 bits per heavy atom. The summed E-state index contributed by atoms with van der Waals surface area (Å²) in [5, 5.41) is 20.2. The number of carboxylic acid groups (broad SMARTS) is 1. The summed E-state index contributed by atoms with van der Waals surface area (Å²) in [4.78, 5) is 22.0. The molecule has 1 atom stereocenters. The van der Waals surface area contributed by atoms with Crippen LogP contribution in [0, 0.1) is 3.57 Å². The van der Waals surface area contributed by atoms with Crippen LogP contribution in [-0.2, 0) is 4.79 Å². The summed E-state index contributed by atoms with van der Waals surface area (Å²) < 4.78 is 0.689. The van der Waals surface area contributed by atoms with Crippen LogP contribution in [0.3, 0.4) is 0 Å². The maximum absolute atomic E-state index is 11.7. The van der Waals surface area contributed by atoms with E-state index in [0.717, 1.165) is 0 Å². The zero-order valence-corrected chi connectivity index (χ0v) is 11.4. The molecule has 0 saturated carbocycles. The standard InChI is InChI=1S/C10H9ClINO4/c11-5-1-2-7(12)6(3-5)9(15)13-4-8(14)10(16)17/h1-3,8,14H,4H2,(H,13,15)(H,16,17)/t8-/m0/s1. The van der Waals surface area contributed by atoms with Crippen LogP contribution in [0.5, 0.6) is 0 Å². The Morgan fingerprint density at radius 1 is 1.47 bits per heavy atom. The minimum absolute atomic E-state index is 0.343. The van der Waals surface area contributed by atoms with Crippen molar-refractivity contribution in [1.29, 1.82) is 0 Å². The summed E-state index contributed by atoms with van der Waals surface area (Å²) >= 11 is 7.71. The van der Waals surface area contributed by atoms with Crippen molar-refractivity contribution < 1.29 is 19.8 Å². The zero-order chi connectivity index (χ0) is 13.0. The average Bonchev–Trinajstić information content (AvgIpc) is 2.28. The highest BCUT2D eigenvalue weighted by Crippen LogP contribution is 2.17. The molecule has 5 nitrogen and oxygen atoms in total. The van der Waals surface area contributed by atoms with Crippen molar-refractivity contribution in [1.82, 2.24) is 5.32 Å². The first-order valence-corrected chi connectivity index (χ1v) is 6.01. The first kappa shape index (κ1) is 14.2. The molecular weight excluding hydrogens is 360 g/mol. The quantitative estimate of drug-likeness (QED) is 0.694. The third-order valence-corrected chi connectivity index (χ3v) is 3.09. The first-order valence-electron chi connectivity index (χ1n) is 4.56. The molecule has 7 heteroatoms. The number of amides is 1. The number of hydrogen-bond acceptors (Lipinski definition) is 3. The van der Waals surface area contributed by atoms with Gasteiger partial charge in [-0.3, -0.25) is 4.79 Å². The fourth-order valence-electron chi connectivity index (χ4n) is 1.04. The average molecular weight is 370 g/mol. The number of carbonyl (C=O) groups is 2. The van der Waals surface area contributed by atoms with Crippen molar-refractivity contribution in [3.63, 3.8) is 0 Å². The summed E-state index contributed by atoms with van der Waals surface area (Å²) in [5.74, 6) is -1.86. The normalized spacial score (nSPS) is 11.9. The van der Waals surface area contributed by atoms with Gasteiger partial charge in [0.25, 0.3) is 5.91 Å². The van der Waals surface area contributed by atoms with Gasteiger partial charge in [0.15, 0.2) is 6.10 Å². The molecule has 1 rings (SSSR count). The molecule has 0 bridgehead atoms. The van der Waals surface area contributed by atoms with E-state index in [0.29, 0.717) is 14.2 Å². The maximum Gasteiger partial charge on any atom is 0.334 e. The second-order valence-corrected chi connectivity index (χ2v) is 4.79. The highest BCUT2D eigenvalue weighted by Gasteiger charge is 2.16. The predicted octanol–water partition coefficient (Wildman–Crippen LogP) is 1.12. The maximum atomic E-state index is 11.7. The Morgan fingerprint density at radius 3 is 2.71 bits per heavy atom. The van der Waals surface area contributed by atoms with E-state index in [2.05, 4.69) is 5.32 Å². The van der Waals surface area contributed by atoms with Gasteiger partial charge in [-0.2, -0.15) is 0 Å². The molecule has 92 valence electrons. The molecule has 0 heterocycles. The van der Waals surface area contributed by atoms with Gasteiger partial charge in [0.1, 0.15) is 0 Å². The number of benzene rings is 1. The van der Waals surface area contributed by atoms with Gasteiger partial charge in [0.05, 0.1) is 12.1 Å².